The summed E-state index contributed by atoms with van der Waals surface area (Å²) in [7, 11) is 0. The van der Waals surface area contributed by atoms with Crippen molar-refractivity contribution >= 4 is 22.6 Å². The van der Waals surface area contributed by atoms with Gasteiger partial charge in [0, 0.05) is 6.92 Å². The molecule has 0 fully saturated rings. The summed E-state index contributed by atoms with van der Waals surface area (Å²) in [6, 6.07) is 19.9. The molecule has 112 valence electrons. The molecule has 0 aliphatic carbocycles. The van der Waals surface area contributed by atoms with E-state index >= 15 is 0 Å². The Morgan fingerprint density at radius 1 is 1.05 bits per heavy atom. The van der Waals surface area contributed by atoms with Crippen LogP contribution < -0.4 is 26.3 Å². The van der Waals surface area contributed by atoms with Crippen LogP contribution in [0.4, 0.5) is 5.13 Å². The summed E-state index contributed by atoms with van der Waals surface area (Å²) in [5, 5.41) is 3.34. The van der Waals surface area contributed by atoms with Crippen molar-refractivity contribution in [3.05, 3.63) is 60.7 Å². The first-order valence-electron chi connectivity index (χ1n) is 6.56. The zero-order chi connectivity index (χ0) is 14.7. The standard InChI is InChI=1S/C16H13N3OS.BrH/c1-12(20)17-16-18-15(13-8-4-2-5-9-13)19(21-16)14-10-6-3-7-11-14;/h2-11H,1H3;1H. The van der Waals surface area contributed by atoms with Crippen LogP contribution in [0.2, 0.25) is 0 Å². The molecule has 3 aromatic rings. The zero-order valence-electron chi connectivity index (χ0n) is 11.9. The largest absolute Gasteiger partial charge is 1.00 e. The number of para-hydroxylation sites is 1. The van der Waals surface area contributed by atoms with Crippen LogP contribution in [-0.4, -0.2) is 10.9 Å². The number of benzene rings is 2. The number of nitrogens with one attached hydrogen (secondary N) is 1. The first-order valence-corrected chi connectivity index (χ1v) is 7.33. The van der Waals surface area contributed by atoms with Gasteiger partial charge in [-0.1, -0.05) is 36.4 Å². The van der Waals surface area contributed by atoms with Crippen LogP contribution in [0, 0.1) is 0 Å². The number of carbonyl (C=O) groups excluding carboxylic acids is 1. The van der Waals surface area contributed by atoms with Crippen molar-refractivity contribution in [2.45, 2.75) is 6.92 Å². The molecule has 0 aliphatic heterocycles. The summed E-state index contributed by atoms with van der Waals surface area (Å²) in [5.74, 6) is 0.694. The number of hydrogen-bond donors (Lipinski definition) is 1. The summed E-state index contributed by atoms with van der Waals surface area (Å²) in [4.78, 5) is 15.8. The predicted octanol–water partition coefficient (Wildman–Crippen LogP) is 0.0492. The first kappa shape index (κ1) is 16.3. The molecule has 3 rings (SSSR count). The highest BCUT2D eigenvalue weighted by Gasteiger charge is 2.24. The molecule has 2 aromatic carbocycles. The Hall–Kier alpha value is -2.05. The van der Waals surface area contributed by atoms with Crippen LogP contribution in [-0.2, 0) is 4.79 Å². The number of hydrogen-bond acceptors (Lipinski definition) is 3. The molecule has 1 aromatic heterocycles. The molecular weight excluding hydrogens is 362 g/mol. The Labute approximate surface area is 143 Å². The number of rotatable bonds is 3. The lowest BCUT2D eigenvalue weighted by Gasteiger charge is -1.96. The van der Waals surface area contributed by atoms with Crippen molar-refractivity contribution in [3.63, 3.8) is 0 Å². The average Bonchev–Trinajstić information content (AvgIpc) is 2.92. The van der Waals surface area contributed by atoms with Gasteiger partial charge in [-0.3, -0.25) is 10.1 Å². The van der Waals surface area contributed by atoms with Crippen LogP contribution >= 0.6 is 11.5 Å². The van der Waals surface area contributed by atoms with E-state index in [2.05, 4.69) is 10.3 Å². The third kappa shape index (κ3) is 3.58. The van der Waals surface area contributed by atoms with Crippen LogP contribution in [0.5, 0.6) is 0 Å². The maximum Gasteiger partial charge on any atom is 0.350 e. The monoisotopic (exact) mass is 375 g/mol. The Morgan fingerprint density at radius 3 is 2.23 bits per heavy atom. The molecule has 22 heavy (non-hydrogen) atoms. The van der Waals surface area contributed by atoms with E-state index in [0.717, 1.165) is 17.1 Å². The summed E-state index contributed by atoms with van der Waals surface area (Å²) in [6.45, 7) is 1.48. The molecule has 1 amide bonds. The smallest absolute Gasteiger partial charge is 0.350 e. The SMILES string of the molecule is CC(=O)Nc1nc(-c2ccccc2)[n+](-c2ccccc2)s1.[Br-]. The number of carbonyl (C=O) groups is 1. The molecule has 1 N–H and O–H groups in total. The van der Waals surface area contributed by atoms with Gasteiger partial charge in [0.25, 0.3) is 0 Å². The van der Waals surface area contributed by atoms with E-state index in [1.54, 1.807) is 0 Å². The van der Waals surface area contributed by atoms with Gasteiger partial charge < -0.3 is 17.0 Å². The molecule has 0 spiro atoms. The Kier molecular flexibility index (Phi) is 5.41. The van der Waals surface area contributed by atoms with E-state index < -0.39 is 0 Å². The zero-order valence-corrected chi connectivity index (χ0v) is 14.3. The second-order valence-electron chi connectivity index (χ2n) is 4.51. The van der Waals surface area contributed by atoms with Crippen molar-refractivity contribution < 1.29 is 25.7 Å². The van der Waals surface area contributed by atoms with E-state index in [4.69, 9.17) is 0 Å². The van der Waals surface area contributed by atoms with Crippen LogP contribution in [0.1, 0.15) is 6.92 Å². The summed E-state index contributed by atoms with van der Waals surface area (Å²) in [5.41, 5.74) is 2.03. The third-order valence-corrected chi connectivity index (χ3v) is 3.82. The molecule has 4 nitrogen and oxygen atoms in total. The lowest BCUT2D eigenvalue weighted by atomic mass is 10.2. The summed E-state index contributed by atoms with van der Waals surface area (Å²) in [6.07, 6.45) is 0. The number of aromatic nitrogens is 2. The van der Waals surface area contributed by atoms with Crippen LogP contribution in [0.3, 0.4) is 0 Å². The number of anilines is 1. The lowest BCUT2D eigenvalue weighted by molar-refractivity contribution is -0.509. The van der Waals surface area contributed by atoms with Gasteiger partial charge in [-0.25, -0.2) is 0 Å². The van der Waals surface area contributed by atoms with Gasteiger partial charge in [0.15, 0.2) is 0 Å². The minimum atomic E-state index is -0.122. The maximum absolute atomic E-state index is 11.3. The minimum Gasteiger partial charge on any atom is -1.00 e. The van der Waals surface area contributed by atoms with E-state index in [-0.39, 0.29) is 22.9 Å². The normalized spacial score (nSPS) is 9.86. The van der Waals surface area contributed by atoms with Gasteiger partial charge in [-0.05, 0) is 29.2 Å². The molecule has 0 saturated heterocycles. The molecule has 0 saturated carbocycles. The van der Waals surface area contributed by atoms with Gasteiger partial charge in [-0.2, -0.15) is 0 Å². The lowest BCUT2D eigenvalue weighted by Crippen LogP contribution is -3.00. The minimum absolute atomic E-state index is 0. The van der Waals surface area contributed by atoms with Crippen molar-refractivity contribution in [1.29, 1.82) is 0 Å². The maximum atomic E-state index is 11.3. The average molecular weight is 376 g/mol. The summed E-state index contributed by atoms with van der Waals surface area (Å²) >= 11 is 1.41. The van der Waals surface area contributed by atoms with Gasteiger partial charge in [0.05, 0.1) is 5.56 Å². The van der Waals surface area contributed by atoms with Gasteiger partial charge in [0.1, 0.15) is 17.2 Å². The van der Waals surface area contributed by atoms with Gasteiger partial charge in [0.2, 0.25) is 5.91 Å². The number of halogens is 1. The molecule has 0 radical (unpaired) electrons. The van der Waals surface area contributed by atoms with Crippen LogP contribution in [0.15, 0.2) is 60.7 Å². The van der Waals surface area contributed by atoms with Gasteiger partial charge >= 0.3 is 11.0 Å². The van der Waals surface area contributed by atoms with E-state index in [9.17, 15) is 4.79 Å². The molecule has 6 heteroatoms. The fourth-order valence-corrected chi connectivity index (χ4v) is 2.95. The first-order chi connectivity index (χ1) is 10.2. The predicted molar refractivity (Wildman–Crippen MR) is 83.4 cm³/mol. The van der Waals surface area contributed by atoms with Gasteiger partial charge in [-0.15, -0.1) is 3.96 Å². The second kappa shape index (κ2) is 7.29. The van der Waals surface area contributed by atoms with Crippen molar-refractivity contribution in [1.82, 2.24) is 4.98 Å². The van der Waals surface area contributed by atoms with Crippen molar-refractivity contribution in [3.8, 4) is 17.1 Å². The Balaban J connectivity index is 0.00000176. The third-order valence-electron chi connectivity index (χ3n) is 2.88. The Bertz CT molecular complexity index is 703. The highest BCUT2D eigenvalue weighted by atomic mass is 79.9. The second-order valence-corrected chi connectivity index (χ2v) is 5.44. The van der Waals surface area contributed by atoms with E-state index in [0.29, 0.717) is 5.13 Å². The molecule has 0 unspecified atom stereocenters. The van der Waals surface area contributed by atoms with Crippen LogP contribution in [0.25, 0.3) is 17.1 Å². The molecule has 0 aliphatic rings. The molecular formula is C16H14BrN3OS. The number of amides is 1. The summed E-state index contributed by atoms with van der Waals surface area (Å²) < 4.78 is 2.01. The molecule has 1 heterocycles. The molecule has 0 atom stereocenters. The number of nitrogens with zero attached hydrogens (tertiary/aromatic N) is 2. The fraction of sp³-hybridized carbons (Fsp3) is 0.0625. The van der Waals surface area contributed by atoms with Crippen molar-refractivity contribution in [2.24, 2.45) is 0 Å². The Morgan fingerprint density at radius 2 is 1.64 bits per heavy atom. The topological polar surface area (TPSA) is 45.9 Å². The molecule has 0 bridgehead atoms. The van der Waals surface area contributed by atoms with Crippen molar-refractivity contribution in [2.75, 3.05) is 5.32 Å². The highest BCUT2D eigenvalue weighted by Crippen LogP contribution is 2.21. The highest BCUT2D eigenvalue weighted by molar-refractivity contribution is 7.06. The fourth-order valence-electron chi connectivity index (χ4n) is 2.00. The quantitative estimate of drug-likeness (QED) is 0.657. The van der Waals surface area contributed by atoms with E-state index in [1.807, 2.05) is 64.6 Å². The van der Waals surface area contributed by atoms with E-state index in [1.165, 1.54) is 18.5 Å².